The van der Waals surface area contributed by atoms with Gasteiger partial charge in [-0.3, -0.25) is 0 Å². The van der Waals surface area contributed by atoms with Gasteiger partial charge in [-0.05, 0) is 30.7 Å². The van der Waals surface area contributed by atoms with Gasteiger partial charge in [0, 0.05) is 12.0 Å². The molecular formula is C19H20O2. The van der Waals surface area contributed by atoms with Crippen LogP contribution in [0.3, 0.4) is 0 Å². The van der Waals surface area contributed by atoms with E-state index in [4.69, 9.17) is 5.11 Å². The summed E-state index contributed by atoms with van der Waals surface area (Å²) >= 11 is 0. The fourth-order valence-corrected chi connectivity index (χ4v) is 1.75. The number of unbranched alkanes of at least 4 members (excludes halogenated alkanes) is 4. The van der Waals surface area contributed by atoms with Crippen LogP contribution in [0.25, 0.3) is 0 Å². The monoisotopic (exact) mass is 280 g/mol. The van der Waals surface area contributed by atoms with Gasteiger partial charge in [-0.2, -0.15) is 0 Å². The molecule has 21 heavy (non-hydrogen) atoms. The van der Waals surface area contributed by atoms with Gasteiger partial charge in [-0.1, -0.05) is 62.0 Å². The lowest BCUT2D eigenvalue weighted by molar-refractivity contribution is 0.0696. The van der Waals surface area contributed by atoms with Gasteiger partial charge < -0.3 is 5.11 Å². The minimum absolute atomic E-state index is 0.223. The molecule has 0 aliphatic rings. The Morgan fingerprint density at radius 3 is 2.67 bits per heavy atom. The Hall–Kier alpha value is -2.45. The molecule has 1 rings (SSSR count). The van der Waals surface area contributed by atoms with Gasteiger partial charge in [0.15, 0.2) is 0 Å². The average Bonchev–Trinajstić information content (AvgIpc) is 2.49. The molecule has 0 aliphatic heterocycles. The zero-order valence-corrected chi connectivity index (χ0v) is 12.4. The highest BCUT2D eigenvalue weighted by atomic mass is 16.4. The molecule has 0 aromatic heterocycles. The first-order valence-corrected chi connectivity index (χ1v) is 7.23. The highest BCUT2D eigenvalue weighted by Crippen LogP contribution is 2.06. The summed E-state index contributed by atoms with van der Waals surface area (Å²) in [7, 11) is 0. The van der Waals surface area contributed by atoms with Gasteiger partial charge in [-0.15, -0.1) is 0 Å². The van der Waals surface area contributed by atoms with Crippen molar-refractivity contribution >= 4 is 5.97 Å². The minimum atomic E-state index is -0.962. The predicted octanol–water partition coefficient (Wildman–Crippen LogP) is 4.27. The zero-order valence-electron chi connectivity index (χ0n) is 12.4. The molecule has 2 heteroatoms. The maximum atomic E-state index is 11.0. The van der Waals surface area contributed by atoms with E-state index < -0.39 is 5.97 Å². The van der Waals surface area contributed by atoms with Crippen LogP contribution in [0.5, 0.6) is 0 Å². The van der Waals surface area contributed by atoms with Crippen LogP contribution in [-0.4, -0.2) is 11.1 Å². The summed E-state index contributed by atoms with van der Waals surface area (Å²) in [6.07, 6.45) is 9.16. The van der Waals surface area contributed by atoms with E-state index in [1.807, 2.05) is 0 Å². The van der Waals surface area contributed by atoms with Gasteiger partial charge in [-0.25, -0.2) is 4.79 Å². The van der Waals surface area contributed by atoms with Crippen LogP contribution in [0.1, 0.15) is 54.9 Å². The summed E-state index contributed by atoms with van der Waals surface area (Å²) in [5.41, 5.74) is 0.739. The molecule has 1 aromatic carbocycles. The van der Waals surface area contributed by atoms with Crippen molar-refractivity contribution < 1.29 is 9.90 Å². The second kappa shape index (κ2) is 10.4. The smallest absolute Gasteiger partial charge is 0.336 e. The van der Waals surface area contributed by atoms with E-state index in [1.165, 1.54) is 19.3 Å². The summed E-state index contributed by atoms with van der Waals surface area (Å²) in [6.45, 7) is 2.19. The number of aromatic carboxylic acids is 1. The lowest BCUT2D eigenvalue weighted by Crippen LogP contribution is -1.98. The topological polar surface area (TPSA) is 37.3 Å². The van der Waals surface area contributed by atoms with Crippen LogP contribution in [0.2, 0.25) is 0 Å². The molecular weight excluding hydrogens is 260 g/mol. The van der Waals surface area contributed by atoms with Gasteiger partial charge in [0.1, 0.15) is 0 Å². The van der Waals surface area contributed by atoms with Crippen molar-refractivity contribution in [3.05, 3.63) is 47.5 Å². The Bertz CT molecular complexity index is 604. The maximum Gasteiger partial charge on any atom is 0.336 e. The normalized spacial score (nSPS) is 9.57. The van der Waals surface area contributed by atoms with Crippen LogP contribution in [0, 0.1) is 23.7 Å². The molecule has 0 saturated carbocycles. The van der Waals surface area contributed by atoms with Crippen LogP contribution in [-0.2, 0) is 0 Å². The third-order valence-corrected chi connectivity index (χ3v) is 2.87. The van der Waals surface area contributed by atoms with Crippen molar-refractivity contribution in [3.63, 3.8) is 0 Å². The molecule has 0 fully saturated rings. The molecule has 0 spiro atoms. The van der Waals surface area contributed by atoms with Crippen LogP contribution >= 0.6 is 0 Å². The Kier molecular flexibility index (Phi) is 8.18. The molecule has 0 heterocycles. The van der Waals surface area contributed by atoms with Gasteiger partial charge >= 0.3 is 5.97 Å². The fraction of sp³-hybridized carbons (Fsp3) is 0.316. The van der Waals surface area contributed by atoms with Gasteiger partial charge in [0.25, 0.3) is 0 Å². The van der Waals surface area contributed by atoms with Crippen LogP contribution < -0.4 is 0 Å². The Balaban J connectivity index is 2.48. The Morgan fingerprint density at radius 2 is 1.90 bits per heavy atom. The first-order chi connectivity index (χ1) is 10.3. The van der Waals surface area contributed by atoms with Crippen molar-refractivity contribution in [3.8, 4) is 23.7 Å². The molecule has 108 valence electrons. The standard InChI is InChI=1S/C19H20O2/c1-2-3-4-5-6-7-8-9-10-11-14-17-15-12-13-16-18(17)19(20)21/h9-10,12-13,15-16H,2-6H2,1H3,(H,20,21). The van der Waals surface area contributed by atoms with E-state index in [0.717, 1.165) is 12.8 Å². The molecule has 0 radical (unpaired) electrons. The van der Waals surface area contributed by atoms with E-state index in [1.54, 1.807) is 36.4 Å². The lowest BCUT2D eigenvalue weighted by atomic mass is 10.1. The maximum absolute atomic E-state index is 11.0. The predicted molar refractivity (Wildman–Crippen MR) is 86.0 cm³/mol. The number of rotatable bonds is 5. The summed E-state index contributed by atoms with van der Waals surface area (Å²) in [5, 5.41) is 9.02. The van der Waals surface area contributed by atoms with Crippen molar-refractivity contribution in [1.82, 2.24) is 0 Å². The second-order valence-corrected chi connectivity index (χ2v) is 4.59. The molecule has 0 bridgehead atoms. The number of benzene rings is 1. The highest BCUT2D eigenvalue weighted by molar-refractivity contribution is 5.90. The summed E-state index contributed by atoms with van der Waals surface area (Å²) in [5.74, 6) is 10.7. The van der Waals surface area contributed by atoms with Crippen LogP contribution in [0.15, 0.2) is 36.4 Å². The number of carbonyl (C=O) groups is 1. The van der Waals surface area contributed by atoms with Gasteiger partial charge in [0.2, 0.25) is 0 Å². The number of hydrogen-bond acceptors (Lipinski definition) is 1. The zero-order chi connectivity index (χ0) is 15.3. The fourth-order valence-electron chi connectivity index (χ4n) is 1.75. The molecule has 0 amide bonds. The van der Waals surface area contributed by atoms with Crippen molar-refractivity contribution in [2.45, 2.75) is 39.0 Å². The van der Waals surface area contributed by atoms with E-state index in [9.17, 15) is 4.79 Å². The second-order valence-electron chi connectivity index (χ2n) is 4.59. The number of carboxylic acids is 1. The van der Waals surface area contributed by atoms with E-state index >= 15 is 0 Å². The lowest BCUT2D eigenvalue weighted by Gasteiger charge is -1.96. The largest absolute Gasteiger partial charge is 0.478 e. The highest BCUT2D eigenvalue weighted by Gasteiger charge is 2.05. The Labute approximate surface area is 126 Å². The first-order valence-electron chi connectivity index (χ1n) is 7.23. The molecule has 0 atom stereocenters. The molecule has 0 saturated heterocycles. The first kappa shape index (κ1) is 16.6. The molecule has 0 aliphatic carbocycles. The van der Waals surface area contributed by atoms with Crippen molar-refractivity contribution in [2.75, 3.05) is 0 Å². The molecule has 0 unspecified atom stereocenters. The SMILES string of the molecule is CCCCCCC#CC=CC#Cc1ccccc1C(=O)O. The molecule has 1 N–H and O–H groups in total. The summed E-state index contributed by atoms with van der Waals surface area (Å²) < 4.78 is 0. The number of carboxylic acid groups (broad SMARTS) is 1. The van der Waals surface area contributed by atoms with Crippen LogP contribution in [0.4, 0.5) is 0 Å². The quantitative estimate of drug-likeness (QED) is 0.646. The van der Waals surface area contributed by atoms with E-state index in [-0.39, 0.29) is 5.56 Å². The number of allylic oxidation sites excluding steroid dienone is 2. The summed E-state index contributed by atoms with van der Waals surface area (Å²) in [4.78, 5) is 11.0. The third-order valence-electron chi connectivity index (χ3n) is 2.87. The molecule has 1 aromatic rings. The van der Waals surface area contributed by atoms with E-state index in [0.29, 0.717) is 5.56 Å². The summed E-state index contributed by atoms with van der Waals surface area (Å²) in [6, 6.07) is 6.71. The molecule has 2 nitrogen and oxygen atoms in total. The minimum Gasteiger partial charge on any atom is -0.478 e. The average molecular weight is 280 g/mol. The van der Waals surface area contributed by atoms with Gasteiger partial charge in [0.05, 0.1) is 5.56 Å². The Morgan fingerprint density at radius 1 is 1.14 bits per heavy atom. The van der Waals surface area contributed by atoms with E-state index in [2.05, 4.69) is 30.6 Å². The van der Waals surface area contributed by atoms with Crippen molar-refractivity contribution in [2.24, 2.45) is 0 Å². The third kappa shape index (κ3) is 7.04. The van der Waals surface area contributed by atoms with Crippen molar-refractivity contribution in [1.29, 1.82) is 0 Å². The number of hydrogen-bond donors (Lipinski definition) is 1.